The standard InChI is InChI=1S/C19H14ClFN4O2S/c20-14-3-1-2-4-16(14)27-10-9-17(26)22-18-23-19-25(24-18)15(11-28-19)12-5-7-13(21)8-6-12/h1-8,11H,9-10H2,(H,22,24,26). The largest absolute Gasteiger partial charge is 0.491 e. The summed E-state index contributed by atoms with van der Waals surface area (Å²) in [5, 5.41) is 9.35. The SMILES string of the molecule is O=C(CCOc1ccccc1Cl)Nc1nc2scc(-c3ccc(F)cc3)n2n1. The first-order chi connectivity index (χ1) is 13.6. The average Bonchev–Trinajstić information content (AvgIpc) is 3.24. The van der Waals surface area contributed by atoms with E-state index in [0.717, 1.165) is 11.3 Å². The molecule has 2 heterocycles. The van der Waals surface area contributed by atoms with Crippen molar-refractivity contribution in [3.05, 3.63) is 64.8 Å². The summed E-state index contributed by atoms with van der Waals surface area (Å²) in [4.78, 5) is 17.1. The third-order valence-corrected chi connectivity index (χ3v) is 5.02. The van der Waals surface area contributed by atoms with E-state index in [1.807, 2.05) is 11.4 Å². The van der Waals surface area contributed by atoms with Crippen LogP contribution in [0.4, 0.5) is 10.3 Å². The van der Waals surface area contributed by atoms with E-state index in [2.05, 4.69) is 15.4 Å². The Bertz CT molecular complexity index is 1130. The molecular formula is C19H14ClFN4O2S. The second-order valence-corrected chi connectivity index (χ2v) is 7.08. The molecule has 9 heteroatoms. The van der Waals surface area contributed by atoms with Crippen LogP contribution in [0.3, 0.4) is 0 Å². The number of thiazole rings is 1. The number of fused-ring (bicyclic) bond motifs is 1. The van der Waals surface area contributed by atoms with E-state index in [-0.39, 0.29) is 30.7 Å². The molecule has 28 heavy (non-hydrogen) atoms. The summed E-state index contributed by atoms with van der Waals surface area (Å²) in [6, 6.07) is 13.2. The molecule has 1 amide bonds. The third-order valence-electron chi connectivity index (χ3n) is 3.90. The highest BCUT2D eigenvalue weighted by Crippen LogP contribution is 2.26. The van der Waals surface area contributed by atoms with Crippen LogP contribution in [0.1, 0.15) is 6.42 Å². The quantitative estimate of drug-likeness (QED) is 0.496. The van der Waals surface area contributed by atoms with Gasteiger partial charge in [-0.15, -0.1) is 16.4 Å². The highest BCUT2D eigenvalue weighted by atomic mass is 35.5. The Hall–Kier alpha value is -2.97. The number of hydrogen-bond donors (Lipinski definition) is 1. The summed E-state index contributed by atoms with van der Waals surface area (Å²) in [5.74, 6) is 0.161. The maximum Gasteiger partial charge on any atom is 0.250 e. The lowest BCUT2D eigenvalue weighted by atomic mass is 10.2. The van der Waals surface area contributed by atoms with Crippen molar-refractivity contribution in [1.29, 1.82) is 0 Å². The van der Waals surface area contributed by atoms with Crippen molar-refractivity contribution in [3.63, 3.8) is 0 Å². The van der Waals surface area contributed by atoms with Crippen molar-refractivity contribution in [1.82, 2.24) is 14.6 Å². The predicted molar refractivity (Wildman–Crippen MR) is 106 cm³/mol. The van der Waals surface area contributed by atoms with Gasteiger partial charge in [0.15, 0.2) is 0 Å². The Labute approximate surface area is 168 Å². The van der Waals surface area contributed by atoms with Crippen LogP contribution in [0.5, 0.6) is 5.75 Å². The Morgan fingerprint density at radius 1 is 1.21 bits per heavy atom. The summed E-state index contributed by atoms with van der Waals surface area (Å²) in [5.41, 5.74) is 1.58. The molecule has 0 fully saturated rings. The second-order valence-electron chi connectivity index (χ2n) is 5.83. The first-order valence-electron chi connectivity index (χ1n) is 8.37. The zero-order chi connectivity index (χ0) is 19.5. The Morgan fingerprint density at radius 3 is 2.79 bits per heavy atom. The first-order valence-corrected chi connectivity index (χ1v) is 9.63. The Morgan fingerprint density at radius 2 is 2.00 bits per heavy atom. The lowest BCUT2D eigenvalue weighted by Gasteiger charge is -2.07. The Balaban J connectivity index is 1.40. The molecule has 0 saturated carbocycles. The number of rotatable bonds is 6. The number of aromatic nitrogens is 3. The van der Waals surface area contributed by atoms with Crippen LogP contribution < -0.4 is 10.1 Å². The number of ether oxygens (including phenoxy) is 1. The number of hydrogen-bond acceptors (Lipinski definition) is 5. The van der Waals surface area contributed by atoms with Gasteiger partial charge in [0.1, 0.15) is 11.6 Å². The zero-order valence-corrected chi connectivity index (χ0v) is 16.0. The minimum atomic E-state index is -0.305. The number of nitrogens with zero attached hydrogens (tertiary/aromatic N) is 3. The molecule has 0 aliphatic carbocycles. The van der Waals surface area contributed by atoms with E-state index in [1.54, 1.807) is 34.8 Å². The molecule has 1 N–H and O–H groups in total. The maximum absolute atomic E-state index is 13.1. The summed E-state index contributed by atoms with van der Waals surface area (Å²) >= 11 is 7.39. The molecule has 142 valence electrons. The molecular weight excluding hydrogens is 403 g/mol. The summed E-state index contributed by atoms with van der Waals surface area (Å²) < 4.78 is 20.3. The number of amides is 1. The van der Waals surface area contributed by atoms with Crippen LogP contribution in [0.15, 0.2) is 53.9 Å². The van der Waals surface area contributed by atoms with E-state index >= 15 is 0 Å². The van der Waals surface area contributed by atoms with Gasteiger partial charge in [0.25, 0.3) is 0 Å². The first kappa shape index (κ1) is 18.4. The molecule has 4 aromatic rings. The fourth-order valence-electron chi connectivity index (χ4n) is 2.56. The molecule has 0 bridgehead atoms. The van der Waals surface area contributed by atoms with Gasteiger partial charge in [0.2, 0.25) is 16.8 Å². The van der Waals surface area contributed by atoms with Crippen molar-refractivity contribution in [3.8, 4) is 17.0 Å². The average molecular weight is 417 g/mol. The van der Waals surface area contributed by atoms with Gasteiger partial charge >= 0.3 is 0 Å². The molecule has 2 aromatic heterocycles. The molecule has 0 atom stereocenters. The number of halogens is 2. The highest BCUT2D eigenvalue weighted by Gasteiger charge is 2.13. The molecule has 0 aliphatic heterocycles. The number of benzene rings is 2. The fraction of sp³-hybridized carbons (Fsp3) is 0.105. The van der Waals surface area contributed by atoms with Crippen LogP contribution in [0, 0.1) is 5.82 Å². The zero-order valence-electron chi connectivity index (χ0n) is 14.4. The van der Waals surface area contributed by atoms with E-state index < -0.39 is 0 Å². The molecule has 2 aromatic carbocycles. The van der Waals surface area contributed by atoms with E-state index in [0.29, 0.717) is 15.7 Å². The molecule has 0 saturated heterocycles. The van der Waals surface area contributed by atoms with Gasteiger partial charge in [-0.25, -0.2) is 8.91 Å². The van der Waals surface area contributed by atoms with Crippen LogP contribution in [-0.4, -0.2) is 27.1 Å². The number of carbonyl (C=O) groups is 1. The van der Waals surface area contributed by atoms with E-state index in [9.17, 15) is 9.18 Å². The van der Waals surface area contributed by atoms with Gasteiger partial charge in [-0.3, -0.25) is 10.1 Å². The monoisotopic (exact) mass is 416 g/mol. The second kappa shape index (κ2) is 7.95. The number of nitrogens with one attached hydrogen (secondary N) is 1. The van der Waals surface area contributed by atoms with Gasteiger partial charge in [-0.2, -0.15) is 4.98 Å². The molecule has 0 unspecified atom stereocenters. The lowest BCUT2D eigenvalue weighted by molar-refractivity contribution is -0.116. The number of anilines is 1. The normalized spacial score (nSPS) is 10.9. The highest BCUT2D eigenvalue weighted by molar-refractivity contribution is 7.15. The van der Waals surface area contributed by atoms with Crippen molar-refractivity contribution in [2.75, 3.05) is 11.9 Å². The van der Waals surface area contributed by atoms with Crippen LogP contribution in [-0.2, 0) is 4.79 Å². The predicted octanol–water partition coefficient (Wildman–Crippen LogP) is 4.66. The number of carbonyl (C=O) groups excluding carboxylic acids is 1. The molecule has 0 spiro atoms. The third kappa shape index (κ3) is 3.97. The van der Waals surface area contributed by atoms with Crippen molar-refractivity contribution in [2.24, 2.45) is 0 Å². The van der Waals surface area contributed by atoms with Crippen molar-refractivity contribution < 1.29 is 13.9 Å². The van der Waals surface area contributed by atoms with Crippen LogP contribution in [0.25, 0.3) is 16.2 Å². The van der Waals surface area contributed by atoms with Gasteiger partial charge < -0.3 is 4.74 Å². The van der Waals surface area contributed by atoms with Gasteiger partial charge in [-0.1, -0.05) is 23.7 Å². The molecule has 4 rings (SSSR count). The van der Waals surface area contributed by atoms with Gasteiger partial charge in [0, 0.05) is 10.9 Å². The van der Waals surface area contributed by atoms with Gasteiger partial charge in [-0.05, 0) is 36.4 Å². The molecule has 0 aliphatic rings. The molecule has 6 nitrogen and oxygen atoms in total. The number of para-hydroxylation sites is 1. The van der Waals surface area contributed by atoms with Crippen molar-refractivity contribution in [2.45, 2.75) is 6.42 Å². The molecule has 0 radical (unpaired) electrons. The minimum Gasteiger partial charge on any atom is -0.491 e. The fourth-order valence-corrected chi connectivity index (χ4v) is 3.58. The van der Waals surface area contributed by atoms with E-state index in [1.165, 1.54) is 23.5 Å². The smallest absolute Gasteiger partial charge is 0.250 e. The van der Waals surface area contributed by atoms with Crippen LogP contribution >= 0.6 is 22.9 Å². The minimum absolute atomic E-state index is 0.128. The summed E-state index contributed by atoms with van der Waals surface area (Å²) in [7, 11) is 0. The summed E-state index contributed by atoms with van der Waals surface area (Å²) in [6.07, 6.45) is 0.128. The van der Waals surface area contributed by atoms with E-state index in [4.69, 9.17) is 16.3 Å². The topological polar surface area (TPSA) is 68.5 Å². The lowest BCUT2D eigenvalue weighted by Crippen LogP contribution is -2.16. The Kier molecular flexibility index (Phi) is 5.23. The van der Waals surface area contributed by atoms with Crippen molar-refractivity contribution >= 4 is 39.8 Å². The van der Waals surface area contributed by atoms with Gasteiger partial charge in [0.05, 0.1) is 23.7 Å². The summed E-state index contributed by atoms with van der Waals surface area (Å²) in [6.45, 7) is 0.179. The van der Waals surface area contributed by atoms with Crippen LogP contribution in [0.2, 0.25) is 5.02 Å². The maximum atomic E-state index is 13.1.